The van der Waals surface area contributed by atoms with Gasteiger partial charge in [-0.15, -0.1) is 0 Å². The normalized spacial score (nSPS) is 10.6. The summed E-state index contributed by atoms with van der Waals surface area (Å²) in [4.78, 5) is 8.60. The van der Waals surface area contributed by atoms with E-state index in [0.29, 0.717) is 0 Å². The summed E-state index contributed by atoms with van der Waals surface area (Å²) >= 11 is 0. The summed E-state index contributed by atoms with van der Waals surface area (Å²) in [6.07, 6.45) is 7.38. The van der Waals surface area contributed by atoms with Gasteiger partial charge in [-0.3, -0.25) is 4.57 Å². The summed E-state index contributed by atoms with van der Waals surface area (Å²) in [5.74, 6) is 1.87. The summed E-state index contributed by atoms with van der Waals surface area (Å²) in [5, 5.41) is 8.94. The maximum Gasteiger partial charge on any atom is 0.137 e. The van der Waals surface area contributed by atoms with Crippen molar-refractivity contribution in [3.63, 3.8) is 0 Å². The van der Waals surface area contributed by atoms with E-state index in [9.17, 15) is 0 Å². The number of imidazole rings is 1. The molecule has 0 bridgehead atoms. The summed E-state index contributed by atoms with van der Waals surface area (Å²) < 4.78 is 1.98. The fraction of sp³-hybridized carbons (Fsp3) is 0.333. The summed E-state index contributed by atoms with van der Waals surface area (Å²) in [5.41, 5.74) is 0.820. The van der Waals surface area contributed by atoms with Crippen molar-refractivity contribution in [2.75, 3.05) is 0 Å². The molecule has 2 rings (SSSR count). The summed E-state index contributed by atoms with van der Waals surface area (Å²) in [6.45, 7) is 2.15. The topological polar surface area (TPSA) is 50.9 Å². The van der Waals surface area contributed by atoms with E-state index in [0.717, 1.165) is 30.0 Å². The number of aromatic nitrogens is 3. The van der Waals surface area contributed by atoms with Crippen molar-refractivity contribution in [1.29, 1.82) is 0 Å². The lowest BCUT2D eigenvalue weighted by atomic mass is 10.3. The number of aliphatic hydroxyl groups excluding tert-OH is 1. The molecule has 0 radical (unpaired) electrons. The third-order valence-electron chi connectivity index (χ3n) is 2.43. The maximum atomic E-state index is 8.94. The van der Waals surface area contributed by atoms with Crippen LogP contribution in [0.15, 0.2) is 30.7 Å². The van der Waals surface area contributed by atoms with Crippen molar-refractivity contribution in [3.8, 4) is 5.82 Å². The quantitative estimate of drug-likeness (QED) is 0.848. The molecule has 2 aromatic heterocycles. The Morgan fingerprint density at radius 2 is 2.19 bits per heavy atom. The van der Waals surface area contributed by atoms with E-state index in [4.69, 9.17) is 5.11 Å². The molecule has 84 valence electrons. The highest BCUT2D eigenvalue weighted by atomic mass is 16.3. The zero-order valence-electron chi connectivity index (χ0n) is 9.30. The summed E-state index contributed by atoms with van der Waals surface area (Å²) in [7, 11) is 0. The Morgan fingerprint density at radius 1 is 1.31 bits per heavy atom. The highest BCUT2D eigenvalue weighted by Crippen LogP contribution is 2.10. The van der Waals surface area contributed by atoms with Crippen molar-refractivity contribution in [3.05, 3.63) is 42.1 Å². The second-order valence-electron chi connectivity index (χ2n) is 3.65. The average molecular weight is 217 g/mol. The second kappa shape index (κ2) is 4.90. The third-order valence-corrected chi connectivity index (χ3v) is 2.43. The van der Waals surface area contributed by atoms with Crippen molar-refractivity contribution in [2.24, 2.45) is 0 Å². The number of aliphatic hydroxyl groups is 1. The molecule has 1 N–H and O–H groups in total. The van der Waals surface area contributed by atoms with E-state index in [1.807, 2.05) is 22.9 Å². The Balaban J connectivity index is 2.31. The number of aryl methyl sites for hydroxylation is 1. The Labute approximate surface area is 94.6 Å². The molecule has 2 heterocycles. The highest BCUT2D eigenvalue weighted by molar-refractivity contribution is 5.27. The molecule has 2 aromatic rings. The van der Waals surface area contributed by atoms with Crippen LogP contribution in [0, 0.1) is 0 Å². The zero-order chi connectivity index (χ0) is 11.4. The van der Waals surface area contributed by atoms with Gasteiger partial charge in [0.25, 0.3) is 0 Å². The first kappa shape index (κ1) is 10.8. The fourth-order valence-electron chi connectivity index (χ4n) is 1.60. The van der Waals surface area contributed by atoms with Crippen LogP contribution in [0.2, 0.25) is 0 Å². The molecule has 0 amide bonds. The van der Waals surface area contributed by atoms with Crippen molar-refractivity contribution in [1.82, 2.24) is 14.5 Å². The number of nitrogens with zero attached hydrogens (tertiary/aromatic N) is 3. The molecule has 0 aromatic carbocycles. The minimum atomic E-state index is 0.0268. The van der Waals surface area contributed by atoms with Gasteiger partial charge in [-0.25, -0.2) is 9.97 Å². The van der Waals surface area contributed by atoms with Gasteiger partial charge >= 0.3 is 0 Å². The first-order chi connectivity index (χ1) is 7.85. The molecule has 16 heavy (non-hydrogen) atoms. The van der Waals surface area contributed by atoms with Gasteiger partial charge in [0.1, 0.15) is 11.6 Å². The second-order valence-corrected chi connectivity index (χ2v) is 3.65. The van der Waals surface area contributed by atoms with Crippen molar-refractivity contribution >= 4 is 0 Å². The molecule has 4 heteroatoms. The molecule has 0 unspecified atom stereocenters. The summed E-state index contributed by atoms with van der Waals surface area (Å²) in [6, 6.07) is 3.77. The highest BCUT2D eigenvalue weighted by Gasteiger charge is 2.04. The van der Waals surface area contributed by atoms with Gasteiger partial charge in [0.05, 0.1) is 6.61 Å². The van der Waals surface area contributed by atoms with Crippen molar-refractivity contribution in [2.45, 2.75) is 26.4 Å². The van der Waals surface area contributed by atoms with Crippen LogP contribution in [0.4, 0.5) is 0 Å². The average Bonchev–Trinajstić information content (AvgIpc) is 2.78. The molecule has 0 spiro atoms. The van der Waals surface area contributed by atoms with E-state index in [-0.39, 0.29) is 6.61 Å². The van der Waals surface area contributed by atoms with E-state index in [1.54, 1.807) is 12.4 Å². The van der Waals surface area contributed by atoms with Crippen LogP contribution in [0.3, 0.4) is 0 Å². The maximum absolute atomic E-state index is 8.94. The van der Waals surface area contributed by atoms with Crippen LogP contribution in [0.1, 0.15) is 24.7 Å². The molecule has 0 atom stereocenters. The fourth-order valence-corrected chi connectivity index (χ4v) is 1.60. The number of hydrogen-bond acceptors (Lipinski definition) is 3. The van der Waals surface area contributed by atoms with Crippen LogP contribution in [0.25, 0.3) is 5.82 Å². The Hall–Kier alpha value is -1.68. The zero-order valence-corrected chi connectivity index (χ0v) is 9.30. The number of hydrogen-bond donors (Lipinski definition) is 1. The molecule has 0 saturated heterocycles. The third kappa shape index (κ3) is 2.12. The first-order valence-corrected chi connectivity index (χ1v) is 5.43. The lowest BCUT2D eigenvalue weighted by molar-refractivity contribution is 0.281. The number of pyridine rings is 1. The molecular formula is C12H15N3O. The molecule has 0 aliphatic heterocycles. The van der Waals surface area contributed by atoms with Crippen LogP contribution in [-0.2, 0) is 13.0 Å². The van der Waals surface area contributed by atoms with Crippen LogP contribution >= 0.6 is 0 Å². The van der Waals surface area contributed by atoms with Gasteiger partial charge in [0.15, 0.2) is 0 Å². The molecule has 0 saturated carbocycles. The SMILES string of the molecule is CCCc1nccn1-c1ccc(CO)cn1. The largest absolute Gasteiger partial charge is 0.392 e. The minimum absolute atomic E-state index is 0.0268. The van der Waals surface area contributed by atoms with Crippen molar-refractivity contribution < 1.29 is 5.11 Å². The predicted octanol–water partition coefficient (Wildman–Crippen LogP) is 1.71. The van der Waals surface area contributed by atoms with Crippen LogP contribution in [-0.4, -0.2) is 19.6 Å². The van der Waals surface area contributed by atoms with Crippen LogP contribution < -0.4 is 0 Å². The Kier molecular flexibility index (Phi) is 3.31. The number of rotatable bonds is 4. The monoisotopic (exact) mass is 217 g/mol. The standard InChI is InChI=1S/C12H15N3O/c1-2-3-11-13-6-7-15(11)12-5-4-10(9-16)8-14-12/h4-8,16H,2-3,9H2,1H3. The molecular weight excluding hydrogens is 202 g/mol. The lowest BCUT2D eigenvalue weighted by Gasteiger charge is -2.06. The Morgan fingerprint density at radius 3 is 2.81 bits per heavy atom. The van der Waals surface area contributed by atoms with Gasteiger partial charge in [-0.2, -0.15) is 0 Å². The smallest absolute Gasteiger partial charge is 0.137 e. The van der Waals surface area contributed by atoms with E-state index >= 15 is 0 Å². The van der Waals surface area contributed by atoms with Gasteiger partial charge in [0.2, 0.25) is 0 Å². The Bertz CT molecular complexity index is 448. The molecule has 4 nitrogen and oxygen atoms in total. The minimum Gasteiger partial charge on any atom is -0.392 e. The van der Waals surface area contributed by atoms with Gasteiger partial charge in [0, 0.05) is 25.0 Å². The molecule has 0 aliphatic carbocycles. The van der Waals surface area contributed by atoms with E-state index in [2.05, 4.69) is 16.9 Å². The van der Waals surface area contributed by atoms with E-state index < -0.39 is 0 Å². The van der Waals surface area contributed by atoms with E-state index in [1.165, 1.54) is 0 Å². The van der Waals surface area contributed by atoms with Crippen LogP contribution in [0.5, 0.6) is 0 Å². The van der Waals surface area contributed by atoms with Gasteiger partial charge in [-0.05, 0) is 18.1 Å². The molecule has 0 aliphatic rings. The first-order valence-electron chi connectivity index (χ1n) is 5.43. The molecule has 0 fully saturated rings. The lowest BCUT2D eigenvalue weighted by Crippen LogP contribution is -2.02. The van der Waals surface area contributed by atoms with Gasteiger partial charge < -0.3 is 5.11 Å². The van der Waals surface area contributed by atoms with Gasteiger partial charge in [-0.1, -0.05) is 13.0 Å². The predicted molar refractivity (Wildman–Crippen MR) is 61.3 cm³/mol.